The Labute approximate surface area is 125 Å². The van der Waals surface area contributed by atoms with E-state index >= 15 is 0 Å². The van der Waals surface area contributed by atoms with Gasteiger partial charge in [0.1, 0.15) is 5.75 Å². The van der Waals surface area contributed by atoms with E-state index in [0.717, 1.165) is 36.9 Å². The van der Waals surface area contributed by atoms with Gasteiger partial charge in [-0.15, -0.1) is 17.5 Å². The summed E-state index contributed by atoms with van der Waals surface area (Å²) >= 11 is 0. The molecule has 20 heavy (non-hydrogen) atoms. The molecular formula is C13H20ClN5O. The maximum Gasteiger partial charge on any atom is 0.170 e. The fraction of sp³-hybridized carbons (Fsp3) is 0.462. The Kier molecular flexibility index (Phi) is 6.41. The molecule has 7 heteroatoms. The van der Waals surface area contributed by atoms with Crippen LogP contribution in [0.4, 0.5) is 0 Å². The lowest BCUT2D eigenvalue weighted by molar-refractivity contribution is 0.285. The molecule has 0 bridgehead atoms. The van der Waals surface area contributed by atoms with Crippen LogP contribution in [0.5, 0.6) is 5.75 Å². The maximum absolute atomic E-state index is 5.15. The number of ether oxygens (including phenoxy) is 1. The first kappa shape index (κ1) is 16.4. The molecule has 0 aliphatic heterocycles. The number of nitrogens with zero attached hydrogens (tertiary/aromatic N) is 5. The number of hydrogen-bond acceptors (Lipinski definition) is 5. The monoisotopic (exact) mass is 297 g/mol. The van der Waals surface area contributed by atoms with Gasteiger partial charge in [0.15, 0.2) is 5.82 Å². The molecule has 110 valence electrons. The van der Waals surface area contributed by atoms with Gasteiger partial charge in [-0.3, -0.25) is 4.90 Å². The van der Waals surface area contributed by atoms with Crippen LogP contribution in [0, 0.1) is 0 Å². The zero-order valence-corrected chi connectivity index (χ0v) is 12.8. The fourth-order valence-electron chi connectivity index (χ4n) is 1.88. The lowest BCUT2D eigenvalue weighted by atomic mass is 10.3. The summed E-state index contributed by atoms with van der Waals surface area (Å²) in [6.07, 6.45) is 0. The molecule has 0 unspecified atom stereocenters. The highest BCUT2D eigenvalue weighted by molar-refractivity contribution is 5.85. The SMILES string of the molecule is CCN(CC)Cc1nnnn1-c1ccc(OC)cc1.Cl. The molecule has 0 saturated carbocycles. The van der Waals surface area contributed by atoms with Crippen LogP contribution in [-0.4, -0.2) is 45.3 Å². The molecule has 0 aliphatic rings. The van der Waals surface area contributed by atoms with Crippen LogP contribution < -0.4 is 4.74 Å². The summed E-state index contributed by atoms with van der Waals surface area (Å²) in [6, 6.07) is 7.69. The van der Waals surface area contributed by atoms with Crippen molar-refractivity contribution in [2.45, 2.75) is 20.4 Å². The average molecular weight is 298 g/mol. The van der Waals surface area contributed by atoms with Gasteiger partial charge < -0.3 is 4.74 Å². The highest BCUT2D eigenvalue weighted by Crippen LogP contribution is 2.15. The number of hydrogen-bond donors (Lipinski definition) is 0. The number of halogens is 1. The Bertz CT molecular complexity index is 510. The van der Waals surface area contributed by atoms with Crippen molar-refractivity contribution in [1.29, 1.82) is 0 Å². The quantitative estimate of drug-likeness (QED) is 0.815. The second-order valence-electron chi connectivity index (χ2n) is 4.17. The number of tetrazole rings is 1. The van der Waals surface area contributed by atoms with E-state index in [1.54, 1.807) is 11.8 Å². The zero-order chi connectivity index (χ0) is 13.7. The lowest BCUT2D eigenvalue weighted by Gasteiger charge is -2.17. The number of methoxy groups -OCH3 is 1. The first-order valence-electron chi connectivity index (χ1n) is 6.42. The topological polar surface area (TPSA) is 56.1 Å². The third-order valence-corrected chi connectivity index (χ3v) is 3.11. The summed E-state index contributed by atoms with van der Waals surface area (Å²) < 4.78 is 6.91. The van der Waals surface area contributed by atoms with Crippen molar-refractivity contribution in [3.63, 3.8) is 0 Å². The third-order valence-electron chi connectivity index (χ3n) is 3.11. The molecule has 1 aromatic carbocycles. The van der Waals surface area contributed by atoms with Gasteiger partial charge >= 0.3 is 0 Å². The van der Waals surface area contributed by atoms with E-state index in [1.165, 1.54) is 0 Å². The molecule has 0 spiro atoms. The molecule has 0 fully saturated rings. The summed E-state index contributed by atoms with van der Waals surface area (Å²) in [5.74, 6) is 1.66. The molecule has 2 rings (SSSR count). The van der Waals surface area contributed by atoms with Crippen molar-refractivity contribution in [1.82, 2.24) is 25.1 Å². The molecule has 1 heterocycles. The van der Waals surface area contributed by atoms with Crippen LogP contribution in [-0.2, 0) is 6.54 Å². The molecule has 0 radical (unpaired) electrons. The molecule has 1 aromatic heterocycles. The van der Waals surface area contributed by atoms with Crippen LogP contribution in [0.25, 0.3) is 5.69 Å². The Morgan fingerprint density at radius 2 is 1.80 bits per heavy atom. The highest BCUT2D eigenvalue weighted by atomic mass is 35.5. The van der Waals surface area contributed by atoms with Gasteiger partial charge in [0.2, 0.25) is 0 Å². The van der Waals surface area contributed by atoms with E-state index in [4.69, 9.17) is 4.74 Å². The molecule has 2 aromatic rings. The number of rotatable bonds is 6. The second kappa shape index (κ2) is 7.81. The van der Waals surface area contributed by atoms with Crippen LogP contribution >= 0.6 is 12.4 Å². The fourth-order valence-corrected chi connectivity index (χ4v) is 1.88. The van der Waals surface area contributed by atoms with Crippen molar-refractivity contribution in [3.05, 3.63) is 30.1 Å². The third kappa shape index (κ3) is 3.68. The van der Waals surface area contributed by atoms with Crippen LogP contribution in [0.2, 0.25) is 0 Å². The number of aromatic nitrogens is 4. The molecule has 0 N–H and O–H groups in total. The first-order chi connectivity index (χ1) is 9.28. The van der Waals surface area contributed by atoms with Gasteiger partial charge in [-0.1, -0.05) is 13.8 Å². The lowest BCUT2D eigenvalue weighted by Crippen LogP contribution is -2.24. The second-order valence-corrected chi connectivity index (χ2v) is 4.17. The standard InChI is InChI=1S/C13H19N5O.ClH/c1-4-17(5-2)10-13-14-15-16-18(13)11-6-8-12(19-3)9-7-11;/h6-9H,4-5,10H2,1-3H3;1H. The molecule has 0 atom stereocenters. The Morgan fingerprint density at radius 3 is 2.35 bits per heavy atom. The van der Waals surface area contributed by atoms with Gasteiger partial charge in [0.05, 0.1) is 19.3 Å². The maximum atomic E-state index is 5.15. The summed E-state index contributed by atoms with van der Waals surface area (Å²) in [4.78, 5) is 2.27. The normalized spacial score (nSPS) is 10.4. The average Bonchev–Trinajstić information content (AvgIpc) is 2.93. The minimum Gasteiger partial charge on any atom is -0.497 e. The van der Waals surface area contributed by atoms with Crippen LogP contribution in [0.3, 0.4) is 0 Å². The van der Waals surface area contributed by atoms with E-state index in [1.807, 2.05) is 24.3 Å². The van der Waals surface area contributed by atoms with Crippen molar-refractivity contribution in [3.8, 4) is 11.4 Å². The Balaban J connectivity index is 0.00000200. The van der Waals surface area contributed by atoms with Gasteiger partial charge in [0.25, 0.3) is 0 Å². The van der Waals surface area contributed by atoms with Crippen LogP contribution in [0.1, 0.15) is 19.7 Å². The summed E-state index contributed by atoms with van der Waals surface area (Å²) in [6.45, 7) is 6.96. The minimum atomic E-state index is 0. The minimum absolute atomic E-state index is 0. The van der Waals surface area contributed by atoms with E-state index in [0.29, 0.717) is 0 Å². The summed E-state index contributed by atoms with van der Waals surface area (Å²) in [5, 5.41) is 11.9. The van der Waals surface area contributed by atoms with E-state index in [9.17, 15) is 0 Å². The molecule has 0 saturated heterocycles. The molecule has 0 amide bonds. The van der Waals surface area contributed by atoms with Crippen molar-refractivity contribution >= 4 is 12.4 Å². The van der Waals surface area contributed by atoms with E-state index in [2.05, 4.69) is 34.3 Å². The van der Waals surface area contributed by atoms with Gasteiger partial charge in [-0.2, -0.15) is 4.68 Å². The van der Waals surface area contributed by atoms with Crippen molar-refractivity contribution in [2.24, 2.45) is 0 Å². The van der Waals surface area contributed by atoms with Gasteiger partial charge in [0, 0.05) is 0 Å². The van der Waals surface area contributed by atoms with Crippen molar-refractivity contribution in [2.75, 3.05) is 20.2 Å². The Hall–Kier alpha value is -1.66. The van der Waals surface area contributed by atoms with E-state index in [-0.39, 0.29) is 12.4 Å². The number of benzene rings is 1. The van der Waals surface area contributed by atoms with E-state index < -0.39 is 0 Å². The highest BCUT2D eigenvalue weighted by Gasteiger charge is 2.11. The van der Waals surface area contributed by atoms with Gasteiger partial charge in [-0.25, -0.2) is 0 Å². The van der Waals surface area contributed by atoms with Crippen LogP contribution in [0.15, 0.2) is 24.3 Å². The predicted octanol–water partition coefficient (Wildman–Crippen LogP) is 1.93. The largest absolute Gasteiger partial charge is 0.497 e. The molecule has 6 nitrogen and oxygen atoms in total. The zero-order valence-electron chi connectivity index (χ0n) is 12.0. The first-order valence-corrected chi connectivity index (χ1v) is 6.42. The smallest absolute Gasteiger partial charge is 0.170 e. The predicted molar refractivity (Wildman–Crippen MR) is 79.6 cm³/mol. The molecule has 0 aliphatic carbocycles. The van der Waals surface area contributed by atoms with Crippen molar-refractivity contribution < 1.29 is 4.74 Å². The summed E-state index contributed by atoms with van der Waals surface area (Å²) in [5.41, 5.74) is 0.938. The Morgan fingerprint density at radius 1 is 1.15 bits per heavy atom. The molecular weight excluding hydrogens is 278 g/mol. The summed E-state index contributed by atoms with van der Waals surface area (Å²) in [7, 11) is 1.65. The van der Waals surface area contributed by atoms with Gasteiger partial charge in [-0.05, 0) is 47.8 Å².